The number of ether oxygens (including phenoxy) is 3. The summed E-state index contributed by atoms with van der Waals surface area (Å²) >= 11 is 0. The van der Waals surface area contributed by atoms with Gasteiger partial charge in [-0.2, -0.15) is 0 Å². The molecule has 1 aromatic rings. The molecule has 1 amide bonds. The fourth-order valence-corrected chi connectivity index (χ4v) is 1.59. The molecule has 0 unspecified atom stereocenters. The van der Waals surface area contributed by atoms with Gasteiger partial charge in [0, 0.05) is 0 Å². The Labute approximate surface area is 130 Å². The molecule has 0 heterocycles. The van der Waals surface area contributed by atoms with Crippen LogP contribution in [0.1, 0.15) is 26.3 Å². The second-order valence-corrected chi connectivity index (χ2v) is 5.67. The molecule has 0 saturated heterocycles. The van der Waals surface area contributed by atoms with Gasteiger partial charge in [-0.05, 0) is 38.5 Å². The molecular formula is C16H23NO5. The van der Waals surface area contributed by atoms with Gasteiger partial charge in [-0.3, -0.25) is 4.79 Å². The van der Waals surface area contributed by atoms with Gasteiger partial charge in [0.05, 0.1) is 20.1 Å². The van der Waals surface area contributed by atoms with E-state index in [1.165, 1.54) is 0 Å². The van der Waals surface area contributed by atoms with Crippen LogP contribution in [0, 0.1) is 0 Å². The number of benzene rings is 1. The number of esters is 1. The molecule has 0 saturated carbocycles. The molecule has 0 atom stereocenters. The van der Waals surface area contributed by atoms with Gasteiger partial charge in [0.2, 0.25) is 0 Å². The van der Waals surface area contributed by atoms with Gasteiger partial charge < -0.3 is 19.5 Å². The Balaban J connectivity index is 2.21. The zero-order chi connectivity index (χ0) is 16.6. The van der Waals surface area contributed by atoms with E-state index in [1.54, 1.807) is 52.1 Å². The number of rotatable bonds is 6. The fraction of sp³-hybridized carbons (Fsp3) is 0.500. The molecule has 1 rings (SSSR count). The summed E-state index contributed by atoms with van der Waals surface area (Å²) in [5.74, 6) is 0.384. The summed E-state index contributed by atoms with van der Waals surface area (Å²) in [6.07, 6.45) is -0.352. The monoisotopic (exact) mass is 309 g/mol. The molecule has 0 radical (unpaired) electrons. The number of alkyl carbamates (subject to hydrolysis) is 1. The maximum absolute atomic E-state index is 11.6. The van der Waals surface area contributed by atoms with Crippen molar-refractivity contribution >= 4 is 12.1 Å². The first-order valence-corrected chi connectivity index (χ1v) is 7.05. The van der Waals surface area contributed by atoms with E-state index >= 15 is 0 Å². The second kappa shape index (κ2) is 8.26. The number of hydrogen-bond acceptors (Lipinski definition) is 5. The van der Waals surface area contributed by atoms with Crippen molar-refractivity contribution in [3.8, 4) is 5.75 Å². The summed E-state index contributed by atoms with van der Waals surface area (Å²) in [7, 11) is 1.58. The molecular weight excluding hydrogens is 286 g/mol. The normalized spacial score (nSPS) is 10.7. The summed E-state index contributed by atoms with van der Waals surface area (Å²) in [5.41, 5.74) is 0.292. The first kappa shape index (κ1) is 17.8. The molecule has 0 aliphatic carbocycles. The Kier molecular flexibility index (Phi) is 6.69. The van der Waals surface area contributed by atoms with E-state index in [2.05, 4.69) is 5.32 Å². The van der Waals surface area contributed by atoms with Crippen LogP contribution in [-0.4, -0.2) is 37.9 Å². The Hall–Kier alpha value is -2.24. The van der Waals surface area contributed by atoms with Crippen molar-refractivity contribution in [3.63, 3.8) is 0 Å². The van der Waals surface area contributed by atoms with E-state index in [4.69, 9.17) is 14.2 Å². The molecule has 0 aliphatic heterocycles. The van der Waals surface area contributed by atoms with E-state index in [0.29, 0.717) is 0 Å². The van der Waals surface area contributed by atoms with Gasteiger partial charge in [-0.1, -0.05) is 12.1 Å². The molecule has 0 spiro atoms. The van der Waals surface area contributed by atoms with Crippen LogP contribution in [0.5, 0.6) is 5.75 Å². The molecule has 122 valence electrons. The van der Waals surface area contributed by atoms with Crippen molar-refractivity contribution < 1.29 is 23.8 Å². The summed E-state index contributed by atoms with van der Waals surface area (Å²) in [6, 6.07) is 7.18. The van der Waals surface area contributed by atoms with Gasteiger partial charge in [-0.25, -0.2) is 4.79 Å². The Morgan fingerprint density at radius 1 is 1.14 bits per heavy atom. The lowest BCUT2D eigenvalue weighted by Gasteiger charge is -2.19. The highest BCUT2D eigenvalue weighted by Crippen LogP contribution is 2.12. The van der Waals surface area contributed by atoms with Crippen LogP contribution in [-0.2, 0) is 20.7 Å². The quantitative estimate of drug-likeness (QED) is 0.645. The third-order valence-electron chi connectivity index (χ3n) is 2.54. The SMILES string of the molecule is COc1ccc(CC(=O)OCCNC(=O)OC(C)(C)C)cc1. The zero-order valence-electron chi connectivity index (χ0n) is 13.5. The highest BCUT2D eigenvalue weighted by Gasteiger charge is 2.15. The third-order valence-corrected chi connectivity index (χ3v) is 2.54. The van der Waals surface area contributed by atoms with Crippen LogP contribution in [0.3, 0.4) is 0 Å². The molecule has 0 fully saturated rings. The molecule has 6 nitrogen and oxygen atoms in total. The minimum Gasteiger partial charge on any atom is -0.497 e. The fourth-order valence-electron chi connectivity index (χ4n) is 1.59. The van der Waals surface area contributed by atoms with Crippen LogP contribution in [0.4, 0.5) is 4.79 Å². The highest BCUT2D eigenvalue weighted by molar-refractivity contribution is 5.72. The number of methoxy groups -OCH3 is 1. The van der Waals surface area contributed by atoms with Crippen LogP contribution in [0.25, 0.3) is 0 Å². The first-order chi connectivity index (χ1) is 10.3. The van der Waals surface area contributed by atoms with Gasteiger partial charge in [0.1, 0.15) is 18.0 Å². The van der Waals surface area contributed by atoms with Gasteiger partial charge in [0.15, 0.2) is 0 Å². The van der Waals surface area contributed by atoms with Crippen molar-refractivity contribution in [1.29, 1.82) is 0 Å². The van der Waals surface area contributed by atoms with Crippen LogP contribution >= 0.6 is 0 Å². The Bertz CT molecular complexity index is 490. The highest BCUT2D eigenvalue weighted by atomic mass is 16.6. The lowest BCUT2D eigenvalue weighted by atomic mass is 10.1. The number of carbonyl (C=O) groups is 2. The average molecular weight is 309 g/mol. The third kappa shape index (κ3) is 7.52. The summed E-state index contributed by atoms with van der Waals surface area (Å²) < 4.78 is 15.1. The van der Waals surface area contributed by atoms with E-state index in [1.807, 2.05) is 0 Å². The average Bonchev–Trinajstić information content (AvgIpc) is 2.42. The molecule has 0 aromatic heterocycles. The van der Waals surface area contributed by atoms with E-state index in [9.17, 15) is 9.59 Å². The number of amides is 1. The van der Waals surface area contributed by atoms with Crippen molar-refractivity contribution in [3.05, 3.63) is 29.8 Å². The Morgan fingerprint density at radius 2 is 1.77 bits per heavy atom. The van der Waals surface area contributed by atoms with Crippen LogP contribution in [0.2, 0.25) is 0 Å². The standard InChI is InChI=1S/C16H23NO5/c1-16(2,3)22-15(19)17-9-10-21-14(18)11-12-5-7-13(20-4)8-6-12/h5-8H,9-11H2,1-4H3,(H,17,19). The predicted molar refractivity (Wildman–Crippen MR) is 81.9 cm³/mol. The zero-order valence-corrected chi connectivity index (χ0v) is 13.5. The van der Waals surface area contributed by atoms with Crippen LogP contribution < -0.4 is 10.1 Å². The van der Waals surface area contributed by atoms with Crippen molar-refractivity contribution in [2.24, 2.45) is 0 Å². The maximum Gasteiger partial charge on any atom is 0.407 e. The van der Waals surface area contributed by atoms with E-state index < -0.39 is 11.7 Å². The van der Waals surface area contributed by atoms with Crippen molar-refractivity contribution in [2.45, 2.75) is 32.8 Å². The smallest absolute Gasteiger partial charge is 0.407 e. The van der Waals surface area contributed by atoms with E-state index in [-0.39, 0.29) is 25.5 Å². The molecule has 6 heteroatoms. The summed E-state index contributed by atoms with van der Waals surface area (Å²) in [5, 5.41) is 2.52. The molecule has 0 aliphatic rings. The Morgan fingerprint density at radius 3 is 2.32 bits per heavy atom. The minimum absolute atomic E-state index is 0.105. The topological polar surface area (TPSA) is 73.9 Å². The molecule has 0 bridgehead atoms. The lowest BCUT2D eigenvalue weighted by molar-refractivity contribution is -0.142. The lowest BCUT2D eigenvalue weighted by Crippen LogP contribution is -2.34. The number of nitrogens with one attached hydrogen (secondary N) is 1. The number of carbonyl (C=O) groups excluding carboxylic acids is 2. The van der Waals surface area contributed by atoms with Gasteiger partial charge >= 0.3 is 12.1 Å². The summed E-state index contributed by atoms with van der Waals surface area (Å²) in [6.45, 7) is 5.65. The molecule has 1 aromatic carbocycles. The van der Waals surface area contributed by atoms with Crippen molar-refractivity contribution in [1.82, 2.24) is 5.32 Å². The molecule has 22 heavy (non-hydrogen) atoms. The maximum atomic E-state index is 11.6. The van der Waals surface area contributed by atoms with Crippen LogP contribution in [0.15, 0.2) is 24.3 Å². The van der Waals surface area contributed by atoms with E-state index in [0.717, 1.165) is 11.3 Å². The predicted octanol–water partition coefficient (Wildman–Crippen LogP) is 2.31. The largest absolute Gasteiger partial charge is 0.497 e. The summed E-state index contributed by atoms with van der Waals surface area (Å²) in [4.78, 5) is 23.0. The second-order valence-electron chi connectivity index (χ2n) is 5.67. The van der Waals surface area contributed by atoms with Gasteiger partial charge in [-0.15, -0.1) is 0 Å². The van der Waals surface area contributed by atoms with Crippen molar-refractivity contribution in [2.75, 3.05) is 20.3 Å². The number of hydrogen-bond donors (Lipinski definition) is 1. The first-order valence-electron chi connectivity index (χ1n) is 7.05. The molecule has 1 N–H and O–H groups in total. The minimum atomic E-state index is -0.547. The van der Waals surface area contributed by atoms with Gasteiger partial charge in [0.25, 0.3) is 0 Å².